The number of amides is 1. The van der Waals surface area contributed by atoms with E-state index >= 15 is 0 Å². The largest absolute Gasteiger partial charge is 0.484 e. The standard InChI is InChI=1S/C13H18BrNO2/c1-9(2)10(3)15-13(16)8-17-12-6-4-11(14)5-7-12/h4-7,9-10H,8H2,1-3H3,(H,15,16). The molecule has 3 nitrogen and oxygen atoms in total. The molecule has 0 fully saturated rings. The quantitative estimate of drug-likeness (QED) is 0.908. The summed E-state index contributed by atoms with van der Waals surface area (Å²) in [5.74, 6) is 1.03. The molecule has 0 saturated heterocycles. The van der Waals surface area contributed by atoms with Crippen LogP contribution in [0, 0.1) is 5.92 Å². The third kappa shape index (κ3) is 5.22. The van der Waals surface area contributed by atoms with E-state index in [0.29, 0.717) is 11.7 Å². The number of ether oxygens (including phenoxy) is 1. The van der Waals surface area contributed by atoms with Crippen molar-refractivity contribution in [3.8, 4) is 5.75 Å². The Morgan fingerprint density at radius 2 is 1.88 bits per heavy atom. The molecule has 1 aromatic carbocycles. The minimum atomic E-state index is -0.0888. The lowest BCUT2D eigenvalue weighted by atomic mass is 10.1. The number of benzene rings is 1. The molecule has 0 aliphatic carbocycles. The third-order valence-electron chi connectivity index (χ3n) is 2.57. The summed E-state index contributed by atoms with van der Waals surface area (Å²) in [6.07, 6.45) is 0. The van der Waals surface area contributed by atoms with E-state index in [2.05, 4.69) is 35.1 Å². The average Bonchev–Trinajstić information content (AvgIpc) is 2.28. The first-order chi connectivity index (χ1) is 7.99. The van der Waals surface area contributed by atoms with Crippen molar-refractivity contribution in [3.05, 3.63) is 28.7 Å². The van der Waals surface area contributed by atoms with Crippen LogP contribution in [0.2, 0.25) is 0 Å². The fourth-order valence-corrected chi connectivity index (χ4v) is 1.41. The summed E-state index contributed by atoms with van der Waals surface area (Å²) in [5.41, 5.74) is 0. The van der Waals surface area contributed by atoms with Gasteiger partial charge in [-0.25, -0.2) is 0 Å². The van der Waals surface area contributed by atoms with Gasteiger partial charge in [0.15, 0.2) is 6.61 Å². The van der Waals surface area contributed by atoms with Gasteiger partial charge in [0.2, 0.25) is 0 Å². The van der Waals surface area contributed by atoms with Crippen LogP contribution in [-0.4, -0.2) is 18.6 Å². The number of nitrogens with one attached hydrogen (secondary N) is 1. The normalized spacial score (nSPS) is 12.3. The Balaban J connectivity index is 2.35. The maximum Gasteiger partial charge on any atom is 0.258 e. The SMILES string of the molecule is CC(C)C(C)NC(=O)COc1ccc(Br)cc1. The van der Waals surface area contributed by atoms with Crippen molar-refractivity contribution in [2.45, 2.75) is 26.8 Å². The smallest absolute Gasteiger partial charge is 0.258 e. The highest BCUT2D eigenvalue weighted by molar-refractivity contribution is 9.10. The number of halogens is 1. The fraction of sp³-hybridized carbons (Fsp3) is 0.462. The van der Waals surface area contributed by atoms with E-state index in [0.717, 1.165) is 4.47 Å². The second kappa shape index (κ2) is 6.64. The van der Waals surface area contributed by atoms with Crippen LogP contribution in [0.4, 0.5) is 0 Å². The van der Waals surface area contributed by atoms with Crippen molar-refractivity contribution in [1.29, 1.82) is 0 Å². The highest BCUT2D eigenvalue weighted by atomic mass is 79.9. The third-order valence-corrected chi connectivity index (χ3v) is 3.10. The molecule has 0 radical (unpaired) electrons. The lowest BCUT2D eigenvalue weighted by molar-refractivity contribution is -0.124. The molecule has 1 unspecified atom stereocenters. The minimum Gasteiger partial charge on any atom is -0.484 e. The molecular formula is C13H18BrNO2. The Labute approximate surface area is 111 Å². The number of carbonyl (C=O) groups excluding carboxylic acids is 1. The summed E-state index contributed by atoms with van der Waals surface area (Å²) in [6.45, 7) is 6.18. The van der Waals surface area contributed by atoms with Crippen LogP contribution < -0.4 is 10.1 Å². The molecule has 0 aliphatic rings. The number of rotatable bonds is 5. The molecule has 17 heavy (non-hydrogen) atoms. The molecule has 0 bridgehead atoms. The van der Waals surface area contributed by atoms with Crippen LogP contribution in [0.3, 0.4) is 0 Å². The Hall–Kier alpha value is -1.03. The zero-order valence-corrected chi connectivity index (χ0v) is 12.0. The zero-order valence-electron chi connectivity index (χ0n) is 10.4. The monoisotopic (exact) mass is 299 g/mol. The van der Waals surface area contributed by atoms with Gasteiger partial charge in [-0.2, -0.15) is 0 Å². The number of hydrogen-bond donors (Lipinski definition) is 1. The van der Waals surface area contributed by atoms with Crippen molar-refractivity contribution in [1.82, 2.24) is 5.32 Å². The summed E-state index contributed by atoms with van der Waals surface area (Å²) in [4.78, 5) is 11.6. The van der Waals surface area contributed by atoms with Gasteiger partial charge in [-0.15, -0.1) is 0 Å². The summed E-state index contributed by atoms with van der Waals surface area (Å²) in [6, 6.07) is 7.57. The second-order valence-electron chi connectivity index (χ2n) is 4.34. The number of carbonyl (C=O) groups is 1. The molecule has 1 amide bonds. The van der Waals surface area contributed by atoms with Crippen molar-refractivity contribution in [2.75, 3.05) is 6.61 Å². The highest BCUT2D eigenvalue weighted by Gasteiger charge is 2.10. The lowest BCUT2D eigenvalue weighted by Gasteiger charge is -2.17. The number of hydrogen-bond acceptors (Lipinski definition) is 2. The minimum absolute atomic E-state index is 0.0543. The first kappa shape index (κ1) is 14.0. The molecule has 0 spiro atoms. The average molecular weight is 300 g/mol. The van der Waals surface area contributed by atoms with Crippen molar-refractivity contribution >= 4 is 21.8 Å². The Morgan fingerprint density at radius 3 is 2.41 bits per heavy atom. The molecule has 0 aromatic heterocycles. The molecule has 0 aliphatic heterocycles. The molecule has 94 valence electrons. The van der Waals surface area contributed by atoms with Gasteiger partial charge in [0.05, 0.1) is 0 Å². The van der Waals surface area contributed by atoms with E-state index in [1.54, 1.807) is 0 Å². The highest BCUT2D eigenvalue weighted by Crippen LogP contribution is 2.15. The van der Waals surface area contributed by atoms with E-state index in [1.807, 2.05) is 31.2 Å². The van der Waals surface area contributed by atoms with Crippen molar-refractivity contribution in [2.24, 2.45) is 5.92 Å². The first-order valence-corrected chi connectivity index (χ1v) is 6.46. The predicted octanol–water partition coefficient (Wildman–Crippen LogP) is 2.99. The maximum absolute atomic E-state index is 11.6. The van der Waals surface area contributed by atoms with Gasteiger partial charge < -0.3 is 10.1 Å². The molecule has 1 aromatic rings. The fourth-order valence-electron chi connectivity index (χ4n) is 1.14. The van der Waals surface area contributed by atoms with Gasteiger partial charge >= 0.3 is 0 Å². The van der Waals surface area contributed by atoms with Gasteiger partial charge in [0.25, 0.3) is 5.91 Å². The van der Waals surface area contributed by atoms with Crippen LogP contribution in [0.5, 0.6) is 5.75 Å². The molecule has 4 heteroatoms. The van der Waals surface area contributed by atoms with Gasteiger partial charge in [-0.3, -0.25) is 4.79 Å². The van der Waals surface area contributed by atoms with Gasteiger partial charge in [-0.1, -0.05) is 29.8 Å². The lowest BCUT2D eigenvalue weighted by Crippen LogP contribution is -2.38. The first-order valence-electron chi connectivity index (χ1n) is 5.66. The summed E-state index contributed by atoms with van der Waals surface area (Å²) < 4.78 is 6.36. The van der Waals surface area contributed by atoms with Crippen LogP contribution in [0.1, 0.15) is 20.8 Å². The van der Waals surface area contributed by atoms with Crippen LogP contribution in [-0.2, 0) is 4.79 Å². The maximum atomic E-state index is 11.6. The zero-order chi connectivity index (χ0) is 12.8. The molecule has 1 atom stereocenters. The Morgan fingerprint density at radius 1 is 1.29 bits per heavy atom. The second-order valence-corrected chi connectivity index (χ2v) is 5.26. The summed E-state index contributed by atoms with van der Waals surface area (Å²) >= 11 is 3.34. The Bertz CT molecular complexity index is 362. The predicted molar refractivity (Wildman–Crippen MR) is 72.1 cm³/mol. The van der Waals surface area contributed by atoms with Gasteiger partial charge in [-0.05, 0) is 37.1 Å². The van der Waals surface area contributed by atoms with E-state index in [1.165, 1.54) is 0 Å². The van der Waals surface area contributed by atoms with Gasteiger partial charge in [0.1, 0.15) is 5.75 Å². The summed E-state index contributed by atoms with van der Waals surface area (Å²) in [5, 5.41) is 2.89. The molecule has 1 N–H and O–H groups in total. The summed E-state index contributed by atoms with van der Waals surface area (Å²) in [7, 11) is 0. The van der Waals surface area contributed by atoms with Crippen molar-refractivity contribution in [3.63, 3.8) is 0 Å². The van der Waals surface area contributed by atoms with Crippen LogP contribution in [0.15, 0.2) is 28.7 Å². The van der Waals surface area contributed by atoms with E-state index in [9.17, 15) is 4.79 Å². The van der Waals surface area contributed by atoms with Crippen LogP contribution in [0.25, 0.3) is 0 Å². The molecular weight excluding hydrogens is 282 g/mol. The Kier molecular flexibility index (Phi) is 5.48. The van der Waals surface area contributed by atoms with Gasteiger partial charge in [0, 0.05) is 10.5 Å². The molecule has 0 saturated carbocycles. The van der Waals surface area contributed by atoms with E-state index in [-0.39, 0.29) is 18.6 Å². The van der Waals surface area contributed by atoms with Crippen molar-refractivity contribution < 1.29 is 9.53 Å². The van der Waals surface area contributed by atoms with E-state index in [4.69, 9.17) is 4.74 Å². The van der Waals surface area contributed by atoms with Crippen LogP contribution >= 0.6 is 15.9 Å². The topological polar surface area (TPSA) is 38.3 Å². The molecule has 0 heterocycles. The van der Waals surface area contributed by atoms with E-state index < -0.39 is 0 Å². The molecule has 1 rings (SSSR count).